The second kappa shape index (κ2) is 9.13. The van der Waals surface area contributed by atoms with E-state index in [0.29, 0.717) is 0 Å². The average Bonchev–Trinajstić information content (AvgIpc) is 0.918. The molecule has 0 saturated carbocycles. The second-order valence-corrected chi connectivity index (χ2v) is 25.5. The molecule has 0 heterocycles. The van der Waals surface area contributed by atoms with Crippen LogP contribution in [0.2, 0.25) is 0 Å². The second-order valence-electron chi connectivity index (χ2n) is 0.0833. The van der Waals surface area contributed by atoms with E-state index in [0.717, 1.165) is 0 Å². The van der Waals surface area contributed by atoms with E-state index in [4.69, 9.17) is 0 Å². The minimum atomic E-state index is -0.0317. The van der Waals surface area contributed by atoms with Gasteiger partial charge in [0.1, 0.15) is 0 Å². The third kappa shape index (κ3) is 8.82. The van der Waals surface area contributed by atoms with Crippen LogP contribution in [0.3, 0.4) is 0 Å². The van der Waals surface area contributed by atoms with Gasteiger partial charge in [0.15, 0.2) is 0 Å². The van der Waals surface area contributed by atoms with Gasteiger partial charge in [-0.2, -0.15) is 0 Å². The van der Waals surface area contributed by atoms with Crippen LogP contribution in [0.5, 0.6) is 0 Å². The van der Waals surface area contributed by atoms with E-state index in [9.17, 15) is 0 Å². The van der Waals surface area contributed by atoms with Crippen LogP contribution in [0.4, 0.5) is 0 Å². The molecule has 0 bridgehead atoms. The Morgan fingerprint density at radius 2 is 1.75 bits per heavy atom. The molecule has 0 aromatic rings. The Labute approximate surface area is 56.9 Å². The fourth-order valence-electron chi connectivity index (χ4n) is 0. The van der Waals surface area contributed by atoms with Crippen LogP contribution in [0.25, 0.3) is 0 Å². The number of hydrogen-bond acceptors (Lipinski definition) is 0. The van der Waals surface area contributed by atoms with Crippen LogP contribution >= 0.6 is 13.5 Å². The molecule has 0 rings (SSSR count). The van der Waals surface area contributed by atoms with Crippen LogP contribution in [0.1, 0.15) is 0 Å². The zero-order valence-corrected chi connectivity index (χ0v) is 10.5. The third-order valence-electron chi connectivity index (χ3n) is 0. The van der Waals surface area contributed by atoms with Gasteiger partial charge in [0, 0.05) is 13.5 Å². The molecule has 0 nitrogen and oxygen atoms in total. The predicted octanol–water partition coefficient (Wildman–Crippen LogP) is -0.494. The molecule has 0 aliphatic rings. The molecule has 4 heavy (non-hydrogen) atoms. The van der Waals surface area contributed by atoms with E-state index in [1.165, 1.54) is 0 Å². The molecule has 0 N–H and O–H groups in total. The average molecular weight is 446 g/mol. The van der Waals surface area contributed by atoms with Crippen LogP contribution in [0, 0.1) is 0 Å². The van der Waals surface area contributed by atoms with E-state index in [2.05, 4.69) is 28.3 Å². The zero-order chi connectivity index (χ0) is 2.71. The topological polar surface area (TPSA) is 0 Å². The maximum atomic E-state index is 3.00. The van der Waals surface area contributed by atoms with Crippen LogP contribution in [-0.2, 0) is 0 Å². The maximum absolute atomic E-state index is 3.00. The van der Waals surface area contributed by atoms with Crippen molar-refractivity contribution >= 4 is 58.1 Å². The van der Waals surface area contributed by atoms with E-state index in [1.807, 2.05) is 0 Å². The van der Waals surface area contributed by atoms with Crippen molar-refractivity contribution in [3.05, 3.63) is 0 Å². The molecule has 0 saturated heterocycles. The Morgan fingerprint density at radius 3 is 1.75 bits per heavy atom. The molecule has 0 aromatic carbocycles. The molecule has 4 heteroatoms. The fourth-order valence-corrected chi connectivity index (χ4v) is 0. The standard InChI is InChI=1S/Pb.S.Se.Te. The molecule has 0 aromatic heterocycles. The Balaban J connectivity index is 0. The summed E-state index contributed by atoms with van der Waals surface area (Å²) in [6, 6.07) is 0. The first kappa shape index (κ1) is 9.77. The molecule has 0 amide bonds. The SMILES string of the molecule is [S].[Se]=[Pb]=[Te]. The molecule has 0 spiro atoms. The van der Waals surface area contributed by atoms with Crippen molar-refractivity contribution in [3.63, 3.8) is 0 Å². The quantitative estimate of drug-likeness (QED) is 0.441. The van der Waals surface area contributed by atoms with Gasteiger partial charge in [-0.1, -0.05) is 0 Å². The number of rotatable bonds is 0. The first-order valence-corrected chi connectivity index (χ1v) is 21.3. The van der Waals surface area contributed by atoms with Crippen molar-refractivity contribution in [1.29, 1.82) is 0 Å². The summed E-state index contributed by atoms with van der Waals surface area (Å²) >= 11 is 5.18. The van der Waals surface area contributed by atoms with Crippen molar-refractivity contribution in [2.24, 2.45) is 0 Å². The Bertz CT molecular complexity index is 29.0. The fraction of sp³-hybridized carbons (Fsp3) is 0. The van der Waals surface area contributed by atoms with Gasteiger partial charge in [0.2, 0.25) is 0 Å². The third-order valence-corrected chi connectivity index (χ3v) is 0. The molecule has 0 atom stereocenters. The Morgan fingerprint density at radius 1 is 1.75 bits per heavy atom. The van der Waals surface area contributed by atoms with Crippen molar-refractivity contribution in [3.8, 4) is 0 Å². The summed E-state index contributed by atoms with van der Waals surface area (Å²) in [5.74, 6) is 0. The van der Waals surface area contributed by atoms with Crippen molar-refractivity contribution in [2.75, 3.05) is 0 Å². The summed E-state index contributed by atoms with van der Waals surface area (Å²) in [5.41, 5.74) is 0. The molecular weight excluding hydrogens is 446 g/mol. The van der Waals surface area contributed by atoms with Gasteiger partial charge in [-0.3, -0.25) is 0 Å². The van der Waals surface area contributed by atoms with Gasteiger partial charge in [0.05, 0.1) is 0 Å². The number of hydrogen-bond donors (Lipinski definition) is 0. The van der Waals surface area contributed by atoms with Crippen molar-refractivity contribution < 1.29 is 0 Å². The zero-order valence-electron chi connectivity index (χ0n) is 1.72. The first-order chi connectivity index (χ1) is 1.41. The van der Waals surface area contributed by atoms with Crippen molar-refractivity contribution in [2.45, 2.75) is 0 Å². The van der Waals surface area contributed by atoms with E-state index in [-0.39, 0.29) is 29.8 Å². The summed E-state index contributed by atoms with van der Waals surface area (Å²) in [7, 11) is 0. The molecule has 0 unspecified atom stereocenters. The summed E-state index contributed by atoms with van der Waals surface area (Å²) in [6.07, 6.45) is 0. The van der Waals surface area contributed by atoms with Crippen LogP contribution < -0.4 is 0 Å². The minimum absolute atomic E-state index is 0. The molecule has 2 radical (unpaired) electrons. The summed E-state index contributed by atoms with van der Waals surface area (Å²) in [4.78, 5) is 0. The molecule has 0 fully saturated rings. The van der Waals surface area contributed by atoms with Crippen molar-refractivity contribution in [1.82, 2.24) is 0 Å². The summed E-state index contributed by atoms with van der Waals surface area (Å²) in [5, 5.41) is 0. The van der Waals surface area contributed by atoms with Gasteiger partial charge in [-0.25, -0.2) is 0 Å². The van der Waals surface area contributed by atoms with E-state index >= 15 is 0 Å². The van der Waals surface area contributed by atoms with Gasteiger partial charge in [-0.15, -0.1) is 0 Å². The molecule has 22 valence electrons. The van der Waals surface area contributed by atoms with Gasteiger partial charge >= 0.3 is 44.6 Å². The molecule has 0 aliphatic carbocycles. The monoisotopic (exact) mass is 450 g/mol. The Hall–Kier alpha value is 2.58. The van der Waals surface area contributed by atoms with Gasteiger partial charge < -0.3 is 0 Å². The van der Waals surface area contributed by atoms with Crippen LogP contribution in [-0.4, -0.2) is 44.6 Å². The normalized spacial score (nSPS) is 2.00. The summed E-state index contributed by atoms with van der Waals surface area (Å²) in [6.45, 7) is 0. The molecular formula is PbSSeTe. The first-order valence-electron chi connectivity index (χ1n) is 0.408. The molecule has 0 aliphatic heterocycles. The van der Waals surface area contributed by atoms with E-state index < -0.39 is 0 Å². The van der Waals surface area contributed by atoms with Crippen LogP contribution in [0.15, 0.2) is 0 Å². The predicted molar refractivity (Wildman–Crippen MR) is 24.9 cm³/mol. The van der Waals surface area contributed by atoms with Gasteiger partial charge in [-0.05, 0) is 0 Å². The van der Waals surface area contributed by atoms with Gasteiger partial charge in [0.25, 0.3) is 0 Å². The Kier molecular flexibility index (Phi) is 22.3. The summed E-state index contributed by atoms with van der Waals surface area (Å²) < 4.78 is 0. The van der Waals surface area contributed by atoms with E-state index in [1.54, 1.807) is 0 Å².